The van der Waals surface area contributed by atoms with E-state index in [1.165, 1.54) is 13.8 Å². The smallest absolute Gasteiger partial charge is 0.386 e. The maximum Gasteiger partial charge on any atom is 0.481 e. The summed E-state index contributed by atoms with van der Waals surface area (Å²) in [5, 5.41) is 26.3. The van der Waals surface area contributed by atoms with Crippen LogP contribution < -0.4 is 16.4 Å². The van der Waals surface area contributed by atoms with Crippen molar-refractivity contribution in [3.8, 4) is 0 Å². The number of carbonyl (C=O) groups is 2. The Morgan fingerprint density at radius 1 is 1.10 bits per heavy atom. The second-order valence-corrected chi connectivity index (χ2v) is 15.8. The molecular formula is C22H38N7O16P3S. The van der Waals surface area contributed by atoms with E-state index in [9.17, 15) is 53.1 Å². The summed E-state index contributed by atoms with van der Waals surface area (Å²) in [5.41, 5.74) is 4.33. The molecular weight excluding hydrogens is 743 g/mol. The van der Waals surface area contributed by atoms with Gasteiger partial charge in [0, 0.05) is 30.7 Å². The predicted molar refractivity (Wildman–Crippen MR) is 168 cm³/mol. The lowest BCUT2D eigenvalue weighted by Crippen LogP contribution is -2.46. The monoisotopic (exact) mass is 781 g/mol. The maximum atomic E-state index is 12.6. The van der Waals surface area contributed by atoms with Gasteiger partial charge in [0.1, 0.15) is 36.3 Å². The molecule has 1 aliphatic rings. The van der Waals surface area contributed by atoms with E-state index in [4.69, 9.17) is 19.5 Å². The normalized spacial score (nSPS) is 23.1. The molecule has 1 saturated heterocycles. The lowest BCUT2D eigenvalue weighted by molar-refractivity contribution is -0.137. The lowest BCUT2D eigenvalue weighted by atomic mass is 9.87. The number of thiol groups is 1. The highest BCUT2D eigenvalue weighted by atomic mass is 32.1. The van der Waals surface area contributed by atoms with E-state index in [1.807, 2.05) is 0 Å². The molecule has 1 aliphatic heterocycles. The Morgan fingerprint density at radius 3 is 2.43 bits per heavy atom. The van der Waals surface area contributed by atoms with Crippen molar-refractivity contribution in [1.29, 1.82) is 0 Å². The molecule has 278 valence electrons. The molecule has 2 aromatic rings. The zero-order valence-electron chi connectivity index (χ0n) is 25.9. The summed E-state index contributed by atoms with van der Waals surface area (Å²) in [4.78, 5) is 74.7. The number of phosphoric acid groups is 3. The Labute approximate surface area is 283 Å². The van der Waals surface area contributed by atoms with E-state index >= 15 is 0 Å². The van der Waals surface area contributed by atoms with Crippen molar-refractivity contribution in [2.24, 2.45) is 5.41 Å². The first-order valence-corrected chi connectivity index (χ1v) is 19.3. The van der Waals surface area contributed by atoms with Crippen LogP contribution in [0.15, 0.2) is 12.7 Å². The SMILES string of the molecule is CC(C)(COP(=O)(O)OP(=O)(O)OC[C@H]1O[C@@H](n2cnc3c(N)ncnc32)[C@H](O)[C@@H]1OP(=O)(O)O)[C@@H](O)C(=O)NCCCC(=O)NCCS. The summed E-state index contributed by atoms with van der Waals surface area (Å²) in [7, 11) is -16.3. The van der Waals surface area contributed by atoms with Gasteiger partial charge in [-0.1, -0.05) is 13.8 Å². The van der Waals surface area contributed by atoms with Crippen LogP contribution in [-0.4, -0.2) is 118 Å². The summed E-state index contributed by atoms with van der Waals surface area (Å²) in [5.74, 6) is -0.721. The predicted octanol–water partition coefficient (Wildman–Crippen LogP) is -1.28. The van der Waals surface area contributed by atoms with Crippen LogP contribution in [0.25, 0.3) is 11.2 Å². The number of aromatic nitrogens is 4. The van der Waals surface area contributed by atoms with Crippen LogP contribution >= 0.6 is 36.1 Å². The van der Waals surface area contributed by atoms with Crippen molar-refractivity contribution in [2.75, 3.05) is 37.8 Å². The Morgan fingerprint density at radius 2 is 1.78 bits per heavy atom. The van der Waals surface area contributed by atoms with Gasteiger partial charge in [-0.2, -0.15) is 16.9 Å². The Kier molecular flexibility index (Phi) is 14.3. The van der Waals surface area contributed by atoms with Gasteiger partial charge in [-0.05, 0) is 6.42 Å². The molecule has 0 aromatic carbocycles. The number of hydrogen-bond donors (Lipinski definition) is 10. The molecule has 0 bridgehead atoms. The minimum absolute atomic E-state index is 0.0260. The number of nitrogens with one attached hydrogen (secondary N) is 2. The summed E-state index contributed by atoms with van der Waals surface area (Å²) in [6.07, 6.45) is -6.24. The van der Waals surface area contributed by atoms with Gasteiger partial charge >= 0.3 is 23.5 Å². The number of aliphatic hydroxyl groups is 2. The third kappa shape index (κ3) is 12.0. The number of rotatable bonds is 19. The minimum Gasteiger partial charge on any atom is -0.386 e. The molecule has 0 spiro atoms. The second kappa shape index (κ2) is 16.9. The van der Waals surface area contributed by atoms with E-state index in [2.05, 4.69) is 47.0 Å². The number of fused-ring (bicyclic) bond motifs is 1. The molecule has 27 heteroatoms. The highest BCUT2D eigenvalue weighted by Gasteiger charge is 2.50. The number of ether oxygens (including phenoxy) is 1. The van der Waals surface area contributed by atoms with Crippen molar-refractivity contribution in [2.45, 2.75) is 57.3 Å². The number of nitrogens with zero attached hydrogens (tertiary/aromatic N) is 4. The van der Waals surface area contributed by atoms with Gasteiger partial charge in [-0.15, -0.1) is 0 Å². The first kappa shape index (κ1) is 41.3. The summed E-state index contributed by atoms with van der Waals surface area (Å²) in [6, 6.07) is 0. The summed E-state index contributed by atoms with van der Waals surface area (Å²) in [6.45, 7) is 1.01. The summed E-state index contributed by atoms with van der Waals surface area (Å²) >= 11 is 3.97. The minimum atomic E-state index is -5.53. The second-order valence-electron chi connectivity index (χ2n) is 11.1. The number of aliphatic hydroxyl groups excluding tert-OH is 2. The fourth-order valence-electron chi connectivity index (χ4n) is 4.30. The largest absolute Gasteiger partial charge is 0.481 e. The van der Waals surface area contributed by atoms with Crippen molar-refractivity contribution < 1.29 is 75.7 Å². The van der Waals surface area contributed by atoms with E-state index in [0.29, 0.717) is 12.3 Å². The molecule has 2 aromatic heterocycles. The van der Waals surface area contributed by atoms with Gasteiger partial charge in [0.2, 0.25) is 11.8 Å². The Hall–Kier alpha value is -2.11. The number of phosphoric ester groups is 3. The lowest BCUT2D eigenvalue weighted by Gasteiger charge is -2.30. The fourth-order valence-corrected chi connectivity index (χ4v) is 7.24. The number of nitrogens with two attached hydrogens (primary N) is 1. The van der Waals surface area contributed by atoms with E-state index in [-0.39, 0.29) is 42.3 Å². The number of hydrogen-bond acceptors (Lipinski definition) is 17. The zero-order chi connectivity index (χ0) is 36.8. The highest BCUT2D eigenvalue weighted by molar-refractivity contribution is 7.80. The third-order valence-electron chi connectivity index (χ3n) is 6.74. The molecule has 1 fully saturated rings. The quantitative estimate of drug-likeness (QED) is 0.0451. The fraction of sp³-hybridized carbons (Fsp3) is 0.682. The Bertz CT molecular complexity index is 1610. The molecule has 10 N–H and O–H groups in total. The molecule has 0 radical (unpaired) electrons. The van der Waals surface area contributed by atoms with Crippen LogP contribution in [0.5, 0.6) is 0 Å². The maximum absolute atomic E-state index is 12.6. The van der Waals surface area contributed by atoms with E-state index in [0.717, 1.165) is 17.2 Å². The van der Waals surface area contributed by atoms with Gasteiger partial charge in [0.05, 0.1) is 19.5 Å². The van der Waals surface area contributed by atoms with Crippen molar-refractivity contribution in [3.05, 3.63) is 12.7 Å². The number of nitrogen functional groups attached to an aromatic ring is 1. The van der Waals surface area contributed by atoms with Crippen LogP contribution in [0.2, 0.25) is 0 Å². The van der Waals surface area contributed by atoms with Crippen molar-refractivity contribution in [1.82, 2.24) is 30.2 Å². The number of amides is 2. The standard InChI is InChI=1S/C22H38N7O16P3S/c1-22(2,17(32)20(33)25-5-3-4-13(30)24-6-7-49)9-42-48(39,40)45-47(37,38)41-8-12-16(44-46(34,35)36)15(31)21(43-12)29-11-28-14-18(23)26-10-27-19(14)29/h10-12,15-17,21,31-32,49H,3-9H2,1-2H3,(H,24,30)(H,25,33)(H,37,38)(H,39,40)(H2,23,26,27)(H2,34,35,36)/t12-,15-,16-,17+,21-/m1/s1. The molecule has 3 heterocycles. The topological polar surface area (TPSA) is 347 Å². The first-order chi connectivity index (χ1) is 22.7. The number of imidazole rings is 1. The van der Waals surface area contributed by atoms with Crippen molar-refractivity contribution in [3.63, 3.8) is 0 Å². The molecule has 23 nitrogen and oxygen atoms in total. The zero-order valence-corrected chi connectivity index (χ0v) is 29.5. The molecule has 2 amide bonds. The molecule has 0 aliphatic carbocycles. The summed E-state index contributed by atoms with van der Waals surface area (Å²) < 4.78 is 61.8. The molecule has 7 atom stereocenters. The third-order valence-corrected chi connectivity index (χ3v) is 10.1. The van der Waals surface area contributed by atoms with Gasteiger partial charge in [-0.25, -0.2) is 28.6 Å². The molecule has 0 saturated carbocycles. The first-order valence-electron chi connectivity index (χ1n) is 14.2. The van der Waals surface area contributed by atoms with Gasteiger partial charge in [0.25, 0.3) is 0 Å². The van der Waals surface area contributed by atoms with E-state index < -0.39 is 78.6 Å². The van der Waals surface area contributed by atoms with E-state index in [1.54, 1.807) is 0 Å². The van der Waals surface area contributed by atoms with Gasteiger partial charge < -0.3 is 50.9 Å². The van der Waals surface area contributed by atoms with Gasteiger partial charge in [0.15, 0.2) is 17.7 Å². The molecule has 3 rings (SSSR count). The van der Waals surface area contributed by atoms with Crippen LogP contribution in [0.3, 0.4) is 0 Å². The average Bonchev–Trinajstić information content (AvgIpc) is 3.56. The number of carbonyl (C=O) groups excluding carboxylic acids is 2. The van der Waals surface area contributed by atoms with Crippen molar-refractivity contribution >= 4 is 64.9 Å². The van der Waals surface area contributed by atoms with Crippen LogP contribution in [0.4, 0.5) is 5.82 Å². The average molecular weight is 782 g/mol. The highest BCUT2D eigenvalue weighted by Crippen LogP contribution is 2.61. The van der Waals surface area contributed by atoms with Crippen LogP contribution in [0.1, 0.15) is 32.9 Å². The Balaban J connectivity index is 1.58. The van der Waals surface area contributed by atoms with Crippen LogP contribution in [0, 0.1) is 5.41 Å². The van der Waals surface area contributed by atoms with Crippen LogP contribution in [-0.2, 0) is 45.9 Å². The molecule has 2 unspecified atom stereocenters. The van der Waals surface area contributed by atoms with Gasteiger partial charge in [-0.3, -0.25) is 27.7 Å². The molecule has 49 heavy (non-hydrogen) atoms. The number of anilines is 1.